The van der Waals surface area contributed by atoms with Crippen LogP contribution >= 0.6 is 0 Å². The molecule has 0 radical (unpaired) electrons. The number of aromatic nitrogens is 1. The number of hydrogen-bond acceptors (Lipinski definition) is 3. The van der Waals surface area contributed by atoms with Crippen molar-refractivity contribution in [3.63, 3.8) is 0 Å². The molecule has 4 rings (SSSR count). The fourth-order valence-corrected chi connectivity index (χ4v) is 4.22. The first kappa shape index (κ1) is 19.0. The molecule has 0 saturated heterocycles. The second-order valence-corrected chi connectivity index (χ2v) is 7.31. The highest BCUT2D eigenvalue weighted by atomic mass is 16.5. The van der Waals surface area contributed by atoms with Gasteiger partial charge in [0.2, 0.25) is 0 Å². The minimum Gasteiger partial charge on any atom is -0.468 e. The number of benzene rings is 2. The number of carbonyl (C=O) groups excluding carboxylic acids is 2. The van der Waals surface area contributed by atoms with Crippen molar-refractivity contribution in [3.05, 3.63) is 95.3 Å². The Kier molecular flexibility index (Phi) is 5.21. The van der Waals surface area contributed by atoms with E-state index >= 15 is 0 Å². The molecule has 148 valence electrons. The van der Waals surface area contributed by atoms with Crippen LogP contribution < -0.4 is 0 Å². The summed E-state index contributed by atoms with van der Waals surface area (Å²) in [5.41, 5.74) is 3.36. The summed E-state index contributed by atoms with van der Waals surface area (Å²) in [4.78, 5) is 28.2. The molecule has 0 N–H and O–H groups in total. The maximum Gasteiger partial charge on any atom is 0.315 e. The number of nitrogens with zero attached hydrogens (tertiary/aromatic N) is 2. The molecule has 0 fully saturated rings. The highest BCUT2D eigenvalue weighted by Gasteiger charge is 2.45. The van der Waals surface area contributed by atoms with Crippen molar-refractivity contribution in [3.8, 4) is 0 Å². The van der Waals surface area contributed by atoms with E-state index in [4.69, 9.17) is 4.74 Å². The molecule has 1 aliphatic rings. The molecule has 5 nitrogen and oxygen atoms in total. The Labute approximate surface area is 170 Å². The molecule has 0 spiro atoms. The van der Waals surface area contributed by atoms with Gasteiger partial charge < -0.3 is 14.2 Å². The summed E-state index contributed by atoms with van der Waals surface area (Å²) in [5.74, 6) is -0.956. The minimum absolute atomic E-state index is 0.0529. The summed E-state index contributed by atoms with van der Waals surface area (Å²) in [6, 6.07) is 20.9. The number of ether oxygens (including phenoxy) is 1. The Balaban J connectivity index is 1.81. The number of methoxy groups -OCH3 is 1. The van der Waals surface area contributed by atoms with Crippen LogP contribution in [0.1, 0.15) is 39.1 Å². The van der Waals surface area contributed by atoms with E-state index in [1.807, 2.05) is 71.2 Å². The number of fused-ring (bicyclic) bond motifs is 1. The molecule has 29 heavy (non-hydrogen) atoms. The molecular formula is C24H24N2O3. The van der Waals surface area contributed by atoms with Crippen molar-refractivity contribution >= 4 is 11.9 Å². The number of rotatable bonds is 5. The van der Waals surface area contributed by atoms with E-state index < -0.39 is 12.0 Å². The van der Waals surface area contributed by atoms with E-state index in [1.165, 1.54) is 7.11 Å². The van der Waals surface area contributed by atoms with E-state index in [0.29, 0.717) is 18.5 Å². The van der Waals surface area contributed by atoms with Crippen LogP contribution in [-0.4, -0.2) is 35.0 Å². The molecule has 0 bridgehead atoms. The first-order valence-corrected chi connectivity index (χ1v) is 9.74. The lowest BCUT2D eigenvalue weighted by atomic mass is 9.81. The SMILES string of the molecule is COC(=O)[C@H]1c2ccccc2C(=O)N(CCc2ccccc2)[C@@H]1c1cccn1C. The topological polar surface area (TPSA) is 51.5 Å². The van der Waals surface area contributed by atoms with Crippen LogP contribution in [0.15, 0.2) is 72.9 Å². The molecule has 3 aromatic rings. The van der Waals surface area contributed by atoms with Gasteiger partial charge in [-0.05, 0) is 35.7 Å². The van der Waals surface area contributed by atoms with Gasteiger partial charge in [0.25, 0.3) is 5.91 Å². The zero-order chi connectivity index (χ0) is 20.4. The predicted octanol–water partition coefficient (Wildman–Crippen LogP) is 3.72. The smallest absolute Gasteiger partial charge is 0.315 e. The molecule has 2 aromatic carbocycles. The van der Waals surface area contributed by atoms with Gasteiger partial charge in [0, 0.05) is 31.0 Å². The highest BCUT2D eigenvalue weighted by Crippen LogP contribution is 2.43. The zero-order valence-corrected chi connectivity index (χ0v) is 16.6. The van der Waals surface area contributed by atoms with Gasteiger partial charge in [0.15, 0.2) is 0 Å². The molecule has 0 unspecified atom stereocenters. The van der Waals surface area contributed by atoms with Crippen molar-refractivity contribution in [2.24, 2.45) is 7.05 Å². The van der Waals surface area contributed by atoms with Gasteiger partial charge in [-0.25, -0.2) is 0 Å². The largest absolute Gasteiger partial charge is 0.468 e. The van der Waals surface area contributed by atoms with Crippen molar-refractivity contribution < 1.29 is 14.3 Å². The second-order valence-electron chi connectivity index (χ2n) is 7.31. The lowest BCUT2D eigenvalue weighted by Crippen LogP contribution is -2.46. The lowest BCUT2D eigenvalue weighted by molar-refractivity contribution is -0.144. The van der Waals surface area contributed by atoms with E-state index in [1.54, 1.807) is 6.07 Å². The molecule has 1 aromatic heterocycles. The summed E-state index contributed by atoms with van der Waals surface area (Å²) >= 11 is 0. The molecule has 2 atom stereocenters. The quantitative estimate of drug-likeness (QED) is 0.626. The van der Waals surface area contributed by atoms with Crippen LogP contribution in [0.3, 0.4) is 0 Å². The normalized spacial score (nSPS) is 18.4. The Bertz CT molecular complexity index is 1030. The van der Waals surface area contributed by atoms with Gasteiger partial charge in [0.05, 0.1) is 13.2 Å². The van der Waals surface area contributed by atoms with E-state index in [-0.39, 0.29) is 11.9 Å². The van der Waals surface area contributed by atoms with Gasteiger partial charge in [-0.3, -0.25) is 9.59 Å². The standard InChI is InChI=1S/C24H24N2O3/c1-25-15-8-13-20(25)22-21(24(28)29-2)18-11-6-7-12-19(18)23(27)26(22)16-14-17-9-4-3-5-10-17/h3-13,15,21-22H,14,16H2,1-2H3/t21-,22+/m0/s1. The average Bonchev–Trinajstić information content (AvgIpc) is 3.18. The van der Waals surface area contributed by atoms with Crippen molar-refractivity contribution in [1.82, 2.24) is 9.47 Å². The Morgan fingerprint density at radius 2 is 1.72 bits per heavy atom. The van der Waals surface area contributed by atoms with Crippen LogP contribution in [0, 0.1) is 0 Å². The van der Waals surface area contributed by atoms with E-state index in [9.17, 15) is 9.59 Å². The molecule has 1 amide bonds. The fourth-order valence-electron chi connectivity index (χ4n) is 4.22. The van der Waals surface area contributed by atoms with Gasteiger partial charge in [-0.2, -0.15) is 0 Å². The van der Waals surface area contributed by atoms with Crippen LogP contribution in [0.25, 0.3) is 0 Å². The molecule has 1 aliphatic heterocycles. The summed E-state index contributed by atoms with van der Waals surface area (Å²) in [7, 11) is 3.34. The maximum atomic E-state index is 13.5. The Hall–Kier alpha value is -3.34. The lowest BCUT2D eigenvalue weighted by Gasteiger charge is -2.41. The highest BCUT2D eigenvalue weighted by molar-refractivity contribution is 6.00. The zero-order valence-electron chi connectivity index (χ0n) is 16.6. The van der Waals surface area contributed by atoms with Crippen LogP contribution in [0.5, 0.6) is 0 Å². The van der Waals surface area contributed by atoms with Crippen molar-refractivity contribution in [2.45, 2.75) is 18.4 Å². The van der Waals surface area contributed by atoms with Crippen LogP contribution in [0.4, 0.5) is 0 Å². The third-order valence-corrected chi connectivity index (χ3v) is 5.66. The first-order chi connectivity index (χ1) is 14.1. The Morgan fingerprint density at radius 3 is 2.41 bits per heavy atom. The third kappa shape index (κ3) is 3.44. The van der Waals surface area contributed by atoms with Gasteiger partial charge in [-0.1, -0.05) is 48.5 Å². The molecule has 2 heterocycles. The first-order valence-electron chi connectivity index (χ1n) is 9.74. The van der Waals surface area contributed by atoms with Gasteiger partial charge in [-0.15, -0.1) is 0 Å². The van der Waals surface area contributed by atoms with Crippen LogP contribution in [-0.2, 0) is 23.0 Å². The molecule has 0 saturated carbocycles. The van der Waals surface area contributed by atoms with Crippen molar-refractivity contribution in [1.29, 1.82) is 0 Å². The summed E-state index contributed by atoms with van der Waals surface area (Å²) in [6.45, 7) is 0.514. The molecule has 5 heteroatoms. The van der Waals surface area contributed by atoms with E-state index in [0.717, 1.165) is 16.8 Å². The minimum atomic E-state index is -0.571. The van der Waals surface area contributed by atoms with Gasteiger partial charge in [0.1, 0.15) is 5.92 Å². The molecule has 0 aliphatic carbocycles. The maximum absolute atomic E-state index is 13.5. The summed E-state index contributed by atoms with van der Waals surface area (Å²) in [5, 5.41) is 0. The van der Waals surface area contributed by atoms with Crippen molar-refractivity contribution in [2.75, 3.05) is 13.7 Å². The number of amides is 1. The molecular weight excluding hydrogens is 364 g/mol. The third-order valence-electron chi connectivity index (χ3n) is 5.66. The fraction of sp³-hybridized carbons (Fsp3) is 0.250. The van der Waals surface area contributed by atoms with E-state index in [2.05, 4.69) is 12.1 Å². The van der Waals surface area contributed by atoms with Crippen LogP contribution in [0.2, 0.25) is 0 Å². The summed E-state index contributed by atoms with van der Waals surface area (Å²) < 4.78 is 7.14. The number of esters is 1. The Morgan fingerprint density at radius 1 is 1.00 bits per heavy atom. The van der Waals surface area contributed by atoms with Gasteiger partial charge >= 0.3 is 5.97 Å². The second kappa shape index (κ2) is 7.95. The monoisotopic (exact) mass is 388 g/mol. The number of hydrogen-bond donors (Lipinski definition) is 0. The summed E-state index contributed by atoms with van der Waals surface area (Å²) in [6.07, 6.45) is 2.65. The average molecular weight is 388 g/mol. The number of aryl methyl sites for hydroxylation is 1. The number of carbonyl (C=O) groups is 2. The predicted molar refractivity (Wildman–Crippen MR) is 111 cm³/mol.